The van der Waals surface area contributed by atoms with Crippen molar-refractivity contribution in [2.75, 3.05) is 0 Å². The van der Waals surface area contributed by atoms with E-state index in [1.54, 1.807) is 24.3 Å². The standard InChI is InChI=1S/C22H17BrN2O2S/c1-16-10-12-20(13-11-16)28(26,27)25-22(18-8-5-9-19(23)14-18)15-21(24-25)17-6-3-2-4-7-17/h2-15H,1H3. The molecule has 0 atom stereocenters. The Balaban J connectivity index is 1.94. The monoisotopic (exact) mass is 452 g/mol. The third kappa shape index (κ3) is 3.53. The zero-order valence-corrected chi connectivity index (χ0v) is 17.5. The smallest absolute Gasteiger partial charge is 0.199 e. The molecule has 0 aliphatic heterocycles. The summed E-state index contributed by atoms with van der Waals surface area (Å²) >= 11 is 3.46. The highest BCUT2D eigenvalue weighted by Gasteiger charge is 2.24. The van der Waals surface area contributed by atoms with Gasteiger partial charge in [-0.1, -0.05) is 76.1 Å². The van der Waals surface area contributed by atoms with Crippen LogP contribution in [0.3, 0.4) is 0 Å². The molecule has 140 valence electrons. The van der Waals surface area contributed by atoms with Crippen molar-refractivity contribution < 1.29 is 8.42 Å². The van der Waals surface area contributed by atoms with Crippen molar-refractivity contribution >= 4 is 26.0 Å². The molecule has 0 bridgehead atoms. The molecular formula is C22H17BrN2O2S. The molecule has 0 unspecified atom stereocenters. The quantitative estimate of drug-likeness (QED) is 0.409. The van der Waals surface area contributed by atoms with Crippen LogP contribution in [-0.2, 0) is 10.0 Å². The fourth-order valence-electron chi connectivity index (χ4n) is 2.95. The molecule has 6 heteroatoms. The second kappa shape index (κ2) is 7.37. The maximum Gasteiger partial charge on any atom is 0.283 e. The van der Waals surface area contributed by atoms with Crippen molar-refractivity contribution in [3.8, 4) is 22.5 Å². The molecular weight excluding hydrogens is 436 g/mol. The van der Waals surface area contributed by atoms with Crippen LogP contribution < -0.4 is 0 Å². The Morgan fingerprint density at radius 1 is 0.821 bits per heavy atom. The highest BCUT2D eigenvalue weighted by atomic mass is 79.9. The number of aryl methyl sites for hydroxylation is 1. The topological polar surface area (TPSA) is 52.0 Å². The highest BCUT2D eigenvalue weighted by Crippen LogP contribution is 2.30. The summed E-state index contributed by atoms with van der Waals surface area (Å²) in [6.45, 7) is 1.92. The molecule has 0 radical (unpaired) electrons. The minimum Gasteiger partial charge on any atom is -0.199 e. The van der Waals surface area contributed by atoms with Gasteiger partial charge in [0.25, 0.3) is 10.0 Å². The van der Waals surface area contributed by atoms with Crippen LogP contribution >= 0.6 is 15.9 Å². The lowest BCUT2D eigenvalue weighted by Crippen LogP contribution is -2.16. The summed E-state index contributed by atoms with van der Waals surface area (Å²) < 4.78 is 28.7. The first-order chi connectivity index (χ1) is 13.4. The van der Waals surface area contributed by atoms with Gasteiger partial charge < -0.3 is 0 Å². The number of nitrogens with zero attached hydrogens (tertiary/aromatic N) is 2. The molecule has 0 amide bonds. The summed E-state index contributed by atoms with van der Waals surface area (Å²) in [7, 11) is -3.84. The third-order valence-corrected chi connectivity index (χ3v) is 6.51. The van der Waals surface area contributed by atoms with E-state index in [-0.39, 0.29) is 4.90 Å². The van der Waals surface area contributed by atoms with E-state index in [1.165, 1.54) is 0 Å². The molecule has 0 aliphatic rings. The minimum absolute atomic E-state index is 0.206. The van der Waals surface area contributed by atoms with Gasteiger partial charge in [0.05, 0.1) is 16.3 Å². The van der Waals surface area contributed by atoms with Gasteiger partial charge in [-0.25, -0.2) is 0 Å². The van der Waals surface area contributed by atoms with Crippen LogP contribution in [0.1, 0.15) is 5.56 Å². The van der Waals surface area contributed by atoms with Crippen LogP contribution in [0, 0.1) is 6.92 Å². The van der Waals surface area contributed by atoms with Crippen molar-refractivity contribution in [2.45, 2.75) is 11.8 Å². The van der Waals surface area contributed by atoms with Gasteiger partial charge >= 0.3 is 0 Å². The minimum atomic E-state index is -3.84. The Hall–Kier alpha value is -2.70. The molecule has 1 aromatic heterocycles. The fourth-order valence-corrected chi connectivity index (χ4v) is 4.64. The van der Waals surface area contributed by atoms with E-state index >= 15 is 0 Å². The number of hydrogen-bond donors (Lipinski definition) is 0. The second-order valence-corrected chi connectivity index (χ2v) is 9.14. The van der Waals surface area contributed by atoms with Crippen molar-refractivity contribution in [3.63, 3.8) is 0 Å². The van der Waals surface area contributed by atoms with Gasteiger partial charge in [0, 0.05) is 15.6 Å². The first kappa shape index (κ1) is 18.7. The summed E-state index contributed by atoms with van der Waals surface area (Å²) in [5, 5.41) is 4.47. The summed E-state index contributed by atoms with van der Waals surface area (Å²) in [5.74, 6) is 0. The first-order valence-corrected chi connectivity index (χ1v) is 10.9. The molecule has 0 spiro atoms. The van der Waals surface area contributed by atoms with Crippen molar-refractivity contribution in [3.05, 3.63) is 95.0 Å². The van der Waals surface area contributed by atoms with E-state index in [0.29, 0.717) is 11.4 Å². The lowest BCUT2D eigenvalue weighted by Gasteiger charge is -2.09. The predicted molar refractivity (Wildman–Crippen MR) is 115 cm³/mol. The fraction of sp³-hybridized carbons (Fsp3) is 0.0455. The van der Waals surface area contributed by atoms with E-state index in [1.807, 2.05) is 67.6 Å². The molecule has 3 aromatic carbocycles. The Morgan fingerprint density at radius 2 is 1.50 bits per heavy atom. The van der Waals surface area contributed by atoms with E-state index in [9.17, 15) is 8.42 Å². The van der Waals surface area contributed by atoms with Crippen LogP contribution in [0.15, 0.2) is 94.3 Å². The molecule has 4 aromatic rings. The second-order valence-electron chi connectivity index (χ2n) is 6.45. The molecule has 0 aliphatic carbocycles. The van der Waals surface area contributed by atoms with E-state index < -0.39 is 10.0 Å². The van der Waals surface area contributed by atoms with Gasteiger partial charge in [-0.05, 0) is 37.3 Å². The lowest BCUT2D eigenvalue weighted by molar-refractivity contribution is 0.581. The van der Waals surface area contributed by atoms with Gasteiger partial charge in [-0.15, -0.1) is 0 Å². The van der Waals surface area contributed by atoms with E-state index in [0.717, 1.165) is 25.3 Å². The van der Waals surface area contributed by atoms with Gasteiger partial charge in [0.15, 0.2) is 0 Å². The number of benzene rings is 3. The molecule has 0 saturated carbocycles. The zero-order chi connectivity index (χ0) is 19.7. The molecule has 4 nitrogen and oxygen atoms in total. The van der Waals surface area contributed by atoms with E-state index in [2.05, 4.69) is 21.0 Å². The Bertz CT molecular complexity index is 1230. The Morgan fingerprint density at radius 3 is 2.18 bits per heavy atom. The van der Waals surface area contributed by atoms with Gasteiger partial charge in [-0.2, -0.15) is 17.6 Å². The van der Waals surface area contributed by atoms with Gasteiger partial charge in [-0.3, -0.25) is 0 Å². The van der Waals surface area contributed by atoms with Crippen LogP contribution in [0.5, 0.6) is 0 Å². The van der Waals surface area contributed by atoms with Gasteiger partial charge in [0.2, 0.25) is 0 Å². The molecule has 4 rings (SSSR count). The maximum absolute atomic E-state index is 13.4. The van der Waals surface area contributed by atoms with Crippen LogP contribution in [0.25, 0.3) is 22.5 Å². The third-order valence-electron chi connectivity index (χ3n) is 4.41. The summed E-state index contributed by atoms with van der Waals surface area (Å²) in [6.07, 6.45) is 0. The Kier molecular flexibility index (Phi) is 4.91. The largest absolute Gasteiger partial charge is 0.283 e. The van der Waals surface area contributed by atoms with Crippen molar-refractivity contribution in [1.82, 2.24) is 9.19 Å². The Labute approximate surface area is 172 Å². The van der Waals surface area contributed by atoms with Crippen LogP contribution in [-0.4, -0.2) is 17.6 Å². The van der Waals surface area contributed by atoms with Gasteiger partial charge in [0.1, 0.15) is 0 Å². The normalized spacial score (nSPS) is 11.5. The number of rotatable bonds is 4. The maximum atomic E-state index is 13.4. The molecule has 28 heavy (non-hydrogen) atoms. The van der Waals surface area contributed by atoms with Crippen molar-refractivity contribution in [1.29, 1.82) is 0 Å². The van der Waals surface area contributed by atoms with Crippen molar-refractivity contribution in [2.24, 2.45) is 0 Å². The molecule has 0 fully saturated rings. The predicted octanol–water partition coefficient (Wildman–Crippen LogP) is 5.53. The van der Waals surface area contributed by atoms with E-state index in [4.69, 9.17) is 0 Å². The number of halogens is 1. The zero-order valence-electron chi connectivity index (χ0n) is 15.1. The molecule has 0 saturated heterocycles. The summed E-state index contributed by atoms with van der Waals surface area (Å²) in [4.78, 5) is 0.206. The SMILES string of the molecule is Cc1ccc(S(=O)(=O)n2nc(-c3ccccc3)cc2-c2cccc(Br)c2)cc1. The highest BCUT2D eigenvalue weighted by molar-refractivity contribution is 9.10. The molecule has 1 heterocycles. The first-order valence-electron chi connectivity index (χ1n) is 8.69. The number of aromatic nitrogens is 2. The summed E-state index contributed by atoms with van der Waals surface area (Å²) in [6, 6.07) is 25.7. The van der Waals surface area contributed by atoms with Crippen LogP contribution in [0.2, 0.25) is 0 Å². The average Bonchev–Trinajstić information content (AvgIpc) is 3.15. The average molecular weight is 453 g/mol. The lowest BCUT2D eigenvalue weighted by atomic mass is 10.1. The number of hydrogen-bond acceptors (Lipinski definition) is 3. The van der Waals surface area contributed by atoms with Crippen LogP contribution in [0.4, 0.5) is 0 Å². The summed E-state index contributed by atoms with van der Waals surface area (Å²) in [5.41, 5.74) is 3.74. The molecule has 0 N–H and O–H groups in total.